The van der Waals surface area contributed by atoms with E-state index in [4.69, 9.17) is 0 Å². The number of fused-ring (bicyclic) bond motifs is 16. The van der Waals surface area contributed by atoms with E-state index < -0.39 is 16.1 Å². The molecule has 17 rings (SSSR count). The molecule has 6 aliphatic carbocycles. The molecule has 0 unspecified atom stereocenters. The van der Waals surface area contributed by atoms with E-state index in [9.17, 15) is 4.79 Å². The lowest BCUT2D eigenvalue weighted by atomic mass is 9.47. The van der Waals surface area contributed by atoms with Crippen molar-refractivity contribution >= 4 is 108 Å². The van der Waals surface area contributed by atoms with Gasteiger partial charge >= 0.3 is 0 Å². The van der Waals surface area contributed by atoms with E-state index in [2.05, 4.69) is 213 Å². The molecule has 7 aromatic carbocycles. The number of hydrogen-bond acceptors (Lipinski definition) is 1. The Hall–Kier alpha value is -5.76. The van der Waals surface area contributed by atoms with Gasteiger partial charge in [0, 0.05) is 65.4 Å². The Morgan fingerprint density at radius 1 is 0.423 bits per heavy atom. The maximum Gasteiger partial charge on any atom is 0.166 e. The molecule has 0 amide bonds. The Morgan fingerprint density at radius 3 is 1.33 bits per heavy atom. The standard InChI is InChI=1S/C73H80N2OSi2/c1-41(2)77(42(3)4,43(5)6)51-33-57-54-37-53-47-23-25-48(26-24-47)71(76)60(53)40-66(54)75-65-39-56-59-35-52(78(44(7)8,45(9)10)46(11)12)36-61-67-63(74(70(59)61)64(56)38-55(65)58(34-51)69(57)75)28-27-62-68(67)73(50-21-17-14-18-22-50)31-29-72(62,30-32-73)49-19-15-13-16-20-49/h13-22,27-28,33-48H,23-26,29-32H2,1-12H3. The molecule has 2 fully saturated rings. The van der Waals surface area contributed by atoms with Crippen LogP contribution in [0, 0.1) is 5.92 Å². The highest BCUT2D eigenvalue weighted by atomic mass is 28.3. The monoisotopic (exact) mass is 1060 g/mol. The number of Topliss-reactive ketones (excluding diaryl/α,β-unsaturated/α-hetero) is 1. The van der Waals surface area contributed by atoms with Gasteiger partial charge in [-0.15, -0.1) is 0 Å². The number of ketones is 1. The minimum Gasteiger partial charge on any atom is -0.308 e. The molecule has 2 saturated carbocycles. The zero-order valence-corrected chi connectivity index (χ0v) is 50.6. The normalized spacial score (nSPS) is 22.0. The third-order valence-electron chi connectivity index (χ3n) is 23.4. The van der Waals surface area contributed by atoms with Crippen LogP contribution in [0.25, 0.3) is 76.2 Å². The number of benzene rings is 7. The van der Waals surface area contributed by atoms with E-state index in [0.29, 0.717) is 44.9 Å². The van der Waals surface area contributed by atoms with E-state index >= 15 is 0 Å². The molecule has 6 aliphatic rings. The van der Waals surface area contributed by atoms with E-state index in [1.54, 1.807) is 21.5 Å². The molecule has 0 aliphatic heterocycles. The Labute approximate surface area is 464 Å². The molecule has 0 N–H and O–H groups in total. The van der Waals surface area contributed by atoms with Gasteiger partial charge in [-0.05, 0) is 149 Å². The summed E-state index contributed by atoms with van der Waals surface area (Å²) in [4.78, 5) is 14.7. The van der Waals surface area contributed by atoms with Gasteiger partial charge in [0.1, 0.15) is 0 Å². The molecule has 4 heterocycles. The second-order valence-corrected chi connectivity index (χ2v) is 39.7. The number of hydrogen-bond donors (Lipinski definition) is 0. The summed E-state index contributed by atoms with van der Waals surface area (Å²) in [6.07, 6.45) is 8.93. The van der Waals surface area contributed by atoms with Crippen LogP contribution in [0.3, 0.4) is 0 Å². The zero-order valence-electron chi connectivity index (χ0n) is 48.6. The van der Waals surface area contributed by atoms with Crippen molar-refractivity contribution in [3.05, 3.63) is 155 Å². The summed E-state index contributed by atoms with van der Waals surface area (Å²) < 4.78 is 5.40. The zero-order chi connectivity index (χ0) is 53.9. The van der Waals surface area contributed by atoms with E-state index in [-0.39, 0.29) is 16.7 Å². The molecule has 4 aromatic heterocycles. The van der Waals surface area contributed by atoms with Gasteiger partial charge in [0.05, 0.1) is 49.2 Å². The van der Waals surface area contributed by atoms with Gasteiger partial charge in [-0.1, -0.05) is 184 Å². The van der Waals surface area contributed by atoms with Crippen LogP contribution >= 0.6 is 0 Å². The molecule has 11 aromatic rings. The van der Waals surface area contributed by atoms with Crippen LogP contribution in [0.15, 0.2) is 121 Å². The highest BCUT2D eigenvalue weighted by molar-refractivity contribution is 6.96. The van der Waals surface area contributed by atoms with Gasteiger partial charge in [0.25, 0.3) is 0 Å². The fraction of sp³-hybridized carbons (Fsp3) is 0.411. The third kappa shape index (κ3) is 5.88. The number of carbonyl (C=O) groups is 1. The maximum atomic E-state index is 14.7. The summed E-state index contributed by atoms with van der Waals surface area (Å²) in [6.45, 7) is 30.5. The SMILES string of the molecule is CC(C)[Si](c1cc2c3cc4c(cc3n3c5cc6c7cc([Si](C(C)C)(C(C)C)C(C)C)cc8c9c%10c(ccc9n(c6cc5c(c1)c23)c78)C1(c2ccccc2)CCC%10(c2ccccc2)CC1)C(=O)C1CCC4CC1)(C(C)C)C(C)C. The highest BCUT2D eigenvalue weighted by Crippen LogP contribution is 2.64. The first-order valence-corrected chi connectivity index (χ1v) is 35.1. The lowest BCUT2D eigenvalue weighted by Gasteiger charge is -2.55. The van der Waals surface area contributed by atoms with Crippen molar-refractivity contribution in [2.24, 2.45) is 5.92 Å². The molecule has 5 heteroatoms. The predicted octanol–water partition coefficient (Wildman–Crippen LogP) is 19.4. The molecule has 4 bridgehead atoms. The minimum atomic E-state index is -2.19. The molecular weight excluding hydrogens is 977 g/mol. The molecule has 0 radical (unpaired) electrons. The van der Waals surface area contributed by atoms with Crippen LogP contribution in [0.2, 0.25) is 33.2 Å². The summed E-state index contributed by atoms with van der Waals surface area (Å²) in [5.41, 5.74) is 19.7. The van der Waals surface area contributed by atoms with E-state index in [1.807, 2.05) is 0 Å². The maximum absolute atomic E-state index is 14.7. The second kappa shape index (κ2) is 16.7. The molecule has 78 heavy (non-hydrogen) atoms. The van der Waals surface area contributed by atoms with Gasteiger partial charge in [-0.2, -0.15) is 0 Å². The molecule has 0 saturated heterocycles. The van der Waals surface area contributed by atoms with Crippen molar-refractivity contribution in [1.29, 1.82) is 0 Å². The number of rotatable bonds is 10. The minimum absolute atomic E-state index is 0.0268. The van der Waals surface area contributed by atoms with Gasteiger partial charge < -0.3 is 8.80 Å². The summed E-state index contributed by atoms with van der Waals surface area (Å²) in [7, 11) is -4.32. The van der Waals surface area contributed by atoms with Crippen molar-refractivity contribution in [3.8, 4) is 0 Å². The average molecular weight is 1060 g/mol. The molecule has 3 nitrogen and oxygen atoms in total. The van der Waals surface area contributed by atoms with Crippen molar-refractivity contribution in [2.45, 2.75) is 184 Å². The quantitative estimate of drug-likeness (QED) is 0.125. The molecular formula is C73H80N2OSi2. The molecule has 0 atom stereocenters. The topological polar surface area (TPSA) is 25.9 Å². The summed E-state index contributed by atoms with van der Waals surface area (Å²) in [6, 6.07) is 49.6. The Balaban J connectivity index is 1.14. The van der Waals surface area contributed by atoms with Crippen LogP contribution in [0.1, 0.15) is 179 Å². The van der Waals surface area contributed by atoms with Gasteiger partial charge in [0.15, 0.2) is 5.78 Å². The van der Waals surface area contributed by atoms with Gasteiger partial charge in [0.2, 0.25) is 0 Å². The summed E-state index contributed by atoms with van der Waals surface area (Å²) in [5, 5.41) is 14.4. The second-order valence-electron chi connectivity index (χ2n) is 27.8. The Kier molecular flexibility index (Phi) is 10.5. The first kappa shape index (κ1) is 49.3. The first-order chi connectivity index (χ1) is 37.5. The number of nitrogens with zero attached hydrogens (tertiary/aromatic N) is 2. The lowest BCUT2D eigenvalue weighted by Crippen LogP contribution is -2.55. The van der Waals surface area contributed by atoms with Crippen molar-refractivity contribution in [1.82, 2.24) is 8.80 Å². The number of carbonyl (C=O) groups excluding carboxylic acids is 1. The van der Waals surface area contributed by atoms with Gasteiger partial charge in [-0.3, -0.25) is 4.79 Å². The highest BCUT2D eigenvalue weighted by Gasteiger charge is 2.55. The van der Waals surface area contributed by atoms with Crippen molar-refractivity contribution in [2.75, 3.05) is 0 Å². The van der Waals surface area contributed by atoms with Crippen molar-refractivity contribution < 1.29 is 4.79 Å². The largest absolute Gasteiger partial charge is 0.308 e. The summed E-state index contributed by atoms with van der Waals surface area (Å²) in [5.74, 6) is 1.01. The van der Waals surface area contributed by atoms with Crippen LogP contribution in [0.4, 0.5) is 0 Å². The Morgan fingerprint density at radius 2 is 0.833 bits per heavy atom. The lowest BCUT2D eigenvalue weighted by molar-refractivity contribution is 0.0898. The fourth-order valence-electron chi connectivity index (χ4n) is 20.6. The van der Waals surface area contributed by atoms with Crippen LogP contribution in [-0.4, -0.2) is 30.7 Å². The van der Waals surface area contributed by atoms with E-state index in [1.165, 1.54) is 92.9 Å². The predicted molar refractivity (Wildman–Crippen MR) is 339 cm³/mol. The van der Waals surface area contributed by atoms with Crippen LogP contribution in [0.5, 0.6) is 0 Å². The summed E-state index contributed by atoms with van der Waals surface area (Å²) >= 11 is 0. The molecule has 0 spiro atoms. The van der Waals surface area contributed by atoms with Crippen LogP contribution < -0.4 is 10.4 Å². The van der Waals surface area contributed by atoms with E-state index in [0.717, 1.165) is 56.9 Å². The fourth-order valence-corrected chi connectivity index (χ4v) is 34.2. The number of aromatic nitrogens is 2. The molecule has 396 valence electrons. The first-order valence-electron chi connectivity index (χ1n) is 30.7. The smallest absolute Gasteiger partial charge is 0.166 e. The van der Waals surface area contributed by atoms with Crippen LogP contribution in [-0.2, 0) is 10.8 Å². The van der Waals surface area contributed by atoms with Gasteiger partial charge in [-0.25, -0.2) is 0 Å². The Bertz CT molecular complexity index is 4220. The van der Waals surface area contributed by atoms with Crippen molar-refractivity contribution in [3.63, 3.8) is 0 Å². The average Bonchev–Trinajstić information content (AvgIpc) is 3.63. The third-order valence-corrected chi connectivity index (χ3v) is 37.4.